The van der Waals surface area contributed by atoms with Crippen molar-refractivity contribution < 1.29 is 18.7 Å². The van der Waals surface area contributed by atoms with Gasteiger partial charge < -0.3 is 15.4 Å². The highest BCUT2D eigenvalue weighted by Crippen LogP contribution is 2.17. The van der Waals surface area contributed by atoms with Crippen LogP contribution in [-0.2, 0) is 16.0 Å². The molecule has 2 amide bonds. The third kappa shape index (κ3) is 5.39. The van der Waals surface area contributed by atoms with E-state index in [1.54, 1.807) is 13.2 Å². The van der Waals surface area contributed by atoms with Crippen LogP contribution in [0.5, 0.6) is 5.75 Å². The monoisotopic (exact) mass is 330 g/mol. The Kier molecular flexibility index (Phi) is 6.31. The first-order valence-corrected chi connectivity index (χ1v) is 7.52. The zero-order valence-corrected chi connectivity index (χ0v) is 13.3. The van der Waals surface area contributed by atoms with Gasteiger partial charge in [-0.15, -0.1) is 0 Å². The number of hydrogen-bond donors (Lipinski definition) is 2. The third-order valence-electron chi connectivity index (χ3n) is 3.34. The number of benzene rings is 2. The van der Waals surface area contributed by atoms with Crippen LogP contribution in [0.3, 0.4) is 0 Å². The summed E-state index contributed by atoms with van der Waals surface area (Å²) in [6.07, 6.45) is 0.281. The maximum Gasteiger partial charge on any atom is 0.233 e. The van der Waals surface area contributed by atoms with E-state index in [1.807, 2.05) is 24.3 Å². The number of methoxy groups -OCH3 is 1. The van der Waals surface area contributed by atoms with Gasteiger partial charge in [0.2, 0.25) is 11.8 Å². The fraction of sp³-hybridized carbons (Fsp3) is 0.222. The van der Waals surface area contributed by atoms with Gasteiger partial charge in [0.05, 0.1) is 7.11 Å². The van der Waals surface area contributed by atoms with Crippen LogP contribution in [-0.4, -0.2) is 25.5 Å². The molecule has 0 saturated carbocycles. The summed E-state index contributed by atoms with van der Waals surface area (Å²) in [6, 6.07) is 13.0. The quantitative estimate of drug-likeness (QED) is 0.767. The minimum Gasteiger partial charge on any atom is -0.496 e. The van der Waals surface area contributed by atoms with E-state index >= 15 is 0 Å². The maximum atomic E-state index is 13.0. The molecule has 5 nitrogen and oxygen atoms in total. The van der Waals surface area contributed by atoms with Crippen molar-refractivity contribution in [1.29, 1.82) is 0 Å². The van der Waals surface area contributed by atoms with Crippen LogP contribution in [0.1, 0.15) is 12.0 Å². The molecule has 0 atom stereocenters. The Hall–Kier alpha value is -2.89. The first-order chi connectivity index (χ1) is 11.6. The molecule has 2 N–H and O–H groups in total. The lowest BCUT2D eigenvalue weighted by Gasteiger charge is -2.09. The molecule has 0 heterocycles. The number of carbonyl (C=O) groups excluding carboxylic acids is 2. The molecule has 24 heavy (non-hydrogen) atoms. The molecule has 2 aromatic carbocycles. The van der Waals surface area contributed by atoms with Crippen LogP contribution in [0.2, 0.25) is 0 Å². The van der Waals surface area contributed by atoms with Gasteiger partial charge in [0.1, 0.15) is 18.0 Å². The molecule has 126 valence electrons. The summed E-state index contributed by atoms with van der Waals surface area (Å²) in [7, 11) is 1.59. The van der Waals surface area contributed by atoms with Crippen LogP contribution in [0.25, 0.3) is 0 Å². The summed E-state index contributed by atoms with van der Waals surface area (Å²) in [4.78, 5) is 23.5. The molecule has 0 aliphatic heterocycles. The highest BCUT2D eigenvalue weighted by Gasteiger charge is 2.10. The number of hydrogen-bond acceptors (Lipinski definition) is 3. The van der Waals surface area contributed by atoms with E-state index < -0.39 is 11.7 Å². The lowest BCUT2D eigenvalue weighted by atomic mass is 10.1. The van der Waals surface area contributed by atoms with Gasteiger partial charge in [0.15, 0.2) is 0 Å². The van der Waals surface area contributed by atoms with Gasteiger partial charge in [-0.05, 0) is 36.2 Å². The molecular weight excluding hydrogens is 311 g/mol. The van der Waals surface area contributed by atoms with Crippen LogP contribution in [0.15, 0.2) is 48.5 Å². The Balaban J connectivity index is 1.75. The van der Waals surface area contributed by atoms with Crippen molar-refractivity contribution in [3.63, 3.8) is 0 Å². The van der Waals surface area contributed by atoms with E-state index in [2.05, 4.69) is 10.6 Å². The van der Waals surface area contributed by atoms with Crippen molar-refractivity contribution in [2.24, 2.45) is 0 Å². The van der Waals surface area contributed by atoms with Gasteiger partial charge in [0, 0.05) is 12.2 Å². The molecule has 2 aromatic rings. The van der Waals surface area contributed by atoms with Crippen LogP contribution in [0, 0.1) is 5.82 Å². The van der Waals surface area contributed by atoms with Gasteiger partial charge in [-0.25, -0.2) is 4.39 Å². The summed E-state index contributed by atoms with van der Waals surface area (Å²) in [5, 5.41) is 5.16. The van der Waals surface area contributed by atoms with Crippen LogP contribution >= 0.6 is 0 Å². The van der Waals surface area contributed by atoms with Crippen molar-refractivity contribution >= 4 is 17.5 Å². The van der Waals surface area contributed by atoms with E-state index in [0.29, 0.717) is 18.7 Å². The second-order valence-electron chi connectivity index (χ2n) is 5.15. The average Bonchev–Trinajstić information content (AvgIpc) is 2.55. The Labute approximate surface area is 139 Å². The number of halogens is 1. The van der Waals surface area contributed by atoms with E-state index in [-0.39, 0.29) is 12.3 Å². The molecule has 0 aromatic heterocycles. The lowest BCUT2D eigenvalue weighted by Crippen LogP contribution is -2.29. The topological polar surface area (TPSA) is 67.4 Å². The second kappa shape index (κ2) is 8.67. The number of para-hydroxylation sites is 1. The van der Waals surface area contributed by atoms with E-state index in [9.17, 15) is 14.0 Å². The largest absolute Gasteiger partial charge is 0.496 e. The third-order valence-corrected chi connectivity index (χ3v) is 3.34. The molecular formula is C18H19FN2O3. The van der Waals surface area contributed by atoms with Crippen LogP contribution in [0.4, 0.5) is 10.1 Å². The summed E-state index contributed by atoms with van der Waals surface area (Å²) in [5.74, 6) is -0.571. The maximum absolute atomic E-state index is 13.0. The number of ether oxygens (including phenoxy) is 1. The molecule has 0 aliphatic carbocycles. The fourth-order valence-electron chi connectivity index (χ4n) is 2.23. The van der Waals surface area contributed by atoms with Crippen LogP contribution < -0.4 is 15.4 Å². The molecule has 6 heteroatoms. The zero-order valence-electron chi connectivity index (χ0n) is 13.3. The summed E-state index contributed by atoms with van der Waals surface area (Å²) in [5.41, 5.74) is 1.30. The Morgan fingerprint density at radius 3 is 2.62 bits per heavy atom. The Morgan fingerprint density at radius 1 is 1.08 bits per heavy atom. The van der Waals surface area contributed by atoms with Crippen molar-refractivity contribution in [2.45, 2.75) is 12.8 Å². The van der Waals surface area contributed by atoms with E-state index in [1.165, 1.54) is 18.2 Å². The molecule has 0 spiro atoms. The summed E-state index contributed by atoms with van der Waals surface area (Å²) >= 11 is 0. The standard InChI is InChI=1S/C18H19FN2O3/c1-24-16-8-3-2-5-13(16)9-10-20-17(22)12-18(23)21-15-7-4-6-14(19)11-15/h2-8,11H,9-10,12H2,1H3,(H,20,22)(H,21,23). The first-order valence-electron chi connectivity index (χ1n) is 7.52. The van der Waals surface area contributed by atoms with Gasteiger partial charge in [0.25, 0.3) is 0 Å². The summed E-state index contributed by atoms with van der Waals surface area (Å²) in [6.45, 7) is 0.395. The molecule has 0 unspecified atom stereocenters. The molecule has 0 fully saturated rings. The van der Waals surface area contributed by atoms with Crippen molar-refractivity contribution in [2.75, 3.05) is 19.0 Å². The van der Waals surface area contributed by atoms with Gasteiger partial charge in [-0.2, -0.15) is 0 Å². The first kappa shape index (κ1) is 17.5. The Morgan fingerprint density at radius 2 is 1.88 bits per heavy atom. The average molecular weight is 330 g/mol. The number of carbonyl (C=O) groups is 2. The number of amides is 2. The van der Waals surface area contributed by atoms with Crippen molar-refractivity contribution in [3.8, 4) is 5.75 Å². The van der Waals surface area contributed by atoms with Gasteiger partial charge >= 0.3 is 0 Å². The van der Waals surface area contributed by atoms with Crippen molar-refractivity contribution in [3.05, 3.63) is 59.9 Å². The number of rotatable bonds is 7. The molecule has 2 rings (SSSR count). The highest BCUT2D eigenvalue weighted by molar-refractivity contribution is 6.03. The molecule has 0 bridgehead atoms. The minimum absolute atomic E-state index is 0.317. The smallest absolute Gasteiger partial charge is 0.233 e. The van der Waals surface area contributed by atoms with Crippen molar-refractivity contribution in [1.82, 2.24) is 5.32 Å². The second-order valence-corrected chi connectivity index (χ2v) is 5.15. The van der Waals surface area contributed by atoms with Gasteiger partial charge in [-0.1, -0.05) is 24.3 Å². The van der Waals surface area contributed by atoms with Gasteiger partial charge in [-0.3, -0.25) is 9.59 Å². The minimum atomic E-state index is -0.490. The zero-order chi connectivity index (χ0) is 17.4. The molecule has 0 radical (unpaired) electrons. The molecule has 0 aliphatic rings. The SMILES string of the molecule is COc1ccccc1CCNC(=O)CC(=O)Nc1cccc(F)c1. The lowest BCUT2D eigenvalue weighted by molar-refractivity contribution is -0.126. The Bertz CT molecular complexity index is 719. The number of nitrogens with one attached hydrogen (secondary N) is 2. The number of anilines is 1. The van der Waals surface area contributed by atoms with E-state index in [0.717, 1.165) is 11.3 Å². The molecule has 0 saturated heterocycles. The predicted molar refractivity (Wildman–Crippen MR) is 89.4 cm³/mol. The fourth-order valence-corrected chi connectivity index (χ4v) is 2.23. The highest BCUT2D eigenvalue weighted by atomic mass is 19.1. The van der Waals surface area contributed by atoms with E-state index in [4.69, 9.17) is 4.74 Å². The normalized spacial score (nSPS) is 10.1. The summed E-state index contributed by atoms with van der Waals surface area (Å²) < 4.78 is 18.3. The predicted octanol–water partition coefficient (Wildman–Crippen LogP) is 2.52.